The van der Waals surface area contributed by atoms with Gasteiger partial charge in [-0.05, 0) is 32.0 Å². The molecule has 4 nitrogen and oxygen atoms in total. The molecule has 1 N–H and O–H groups in total. The third-order valence-electron chi connectivity index (χ3n) is 4.01. The summed E-state index contributed by atoms with van der Waals surface area (Å²) in [6.07, 6.45) is 0.970. The molecule has 1 aromatic rings. The molecule has 0 aliphatic carbocycles. The number of halogens is 2. The number of carbonyl (C=O) groups is 1. The van der Waals surface area contributed by atoms with Gasteiger partial charge < -0.3 is 10.1 Å². The molecule has 0 radical (unpaired) electrons. The smallest absolute Gasteiger partial charge is 0.330 e. The number of ether oxygens (including phenoxy) is 1. The van der Waals surface area contributed by atoms with Crippen LogP contribution in [0.3, 0.4) is 0 Å². The Kier molecular flexibility index (Phi) is 5.49. The van der Waals surface area contributed by atoms with Crippen LogP contribution in [0.2, 0.25) is 10.0 Å². The van der Waals surface area contributed by atoms with Crippen molar-refractivity contribution in [1.82, 2.24) is 10.2 Å². The molecule has 0 saturated carbocycles. The fourth-order valence-corrected chi connectivity index (χ4v) is 3.38. The second-order valence-corrected chi connectivity index (χ2v) is 6.12. The molecule has 1 heterocycles. The Bertz CT molecular complexity index is 516. The third kappa shape index (κ3) is 3.34. The number of methoxy groups -OCH3 is 1. The van der Waals surface area contributed by atoms with E-state index in [0.29, 0.717) is 10.0 Å². The van der Waals surface area contributed by atoms with Crippen LogP contribution in [0.15, 0.2) is 18.2 Å². The van der Waals surface area contributed by atoms with Crippen molar-refractivity contribution < 1.29 is 9.53 Å². The molecule has 21 heavy (non-hydrogen) atoms. The lowest BCUT2D eigenvalue weighted by Gasteiger charge is -2.39. The first-order valence-electron chi connectivity index (χ1n) is 7.00. The van der Waals surface area contributed by atoms with Crippen molar-refractivity contribution in [1.29, 1.82) is 0 Å². The maximum absolute atomic E-state index is 12.5. The summed E-state index contributed by atoms with van der Waals surface area (Å²) < 4.78 is 5.06. The summed E-state index contributed by atoms with van der Waals surface area (Å²) >= 11 is 12.3. The lowest BCUT2D eigenvalue weighted by Crippen LogP contribution is -2.51. The maximum atomic E-state index is 12.5. The highest BCUT2D eigenvalue weighted by Crippen LogP contribution is 2.36. The Morgan fingerprint density at radius 2 is 2.10 bits per heavy atom. The Morgan fingerprint density at radius 1 is 1.33 bits per heavy atom. The second-order valence-electron chi connectivity index (χ2n) is 5.28. The first kappa shape index (κ1) is 16.6. The molecule has 1 aromatic carbocycles. The fourth-order valence-electron chi connectivity index (χ4n) is 2.79. The molecule has 1 aliphatic heterocycles. The average Bonchev–Trinajstić information content (AvgIpc) is 2.75. The van der Waals surface area contributed by atoms with E-state index in [2.05, 4.69) is 10.2 Å². The Morgan fingerprint density at radius 3 is 2.76 bits per heavy atom. The minimum atomic E-state index is -0.914. The standard InChI is InChI=1S/C15H20Cl2N2O2/c1-15(14(20)21-2,19-8-3-6-18-7-9-19)12-5-4-11(16)10-13(12)17/h4-5,10,18H,3,6-9H2,1-2H3. The Balaban J connectivity index is 2.47. The number of nitrogens with zero attached hydrogens (tertiary/aromatic N) is 1. The van der Waals surface area contributed by atoms with E-state index in [1.54, 1.807) is 18.2 Å². The Labute approximate surface area is 135 Å². The molecular formula is C15H20Cl2N2O2. The number of nitrogens with one attached hydrogen (secondary N) is 1. The molecule has 2 rings (SSSR count). The van der Waals surface area contributed by atoms with Crippen molar-refractivity contribution in [3.05, 3.63) is 33.8 Å². The number of rotatable bonds is 3. The van der Waals surface area contributed by atoms with Crippen LogP contribution in [0.4, 0.5) is 0 Å². The summed E-state index contributed by atoms with van der Waals surface area (Å²) in [5.74, 6) is -0.311. The first-order chi connectivity index (χ1) is 10.00. The molecule has 1 fully saturated rings. The van der Waals surface area contributed by atoms with Gasteiger partial charge in [0.1, 0.15) is 5.54 Å². The van der Waals surface area contributed by atoms with E-state index in [-0.39, 0.29) is 5.97 Å². The number of carbonyl (C=O) groups excluding carboxylic acids is 1. The van der Waals surface area contributed by atoms with Crippen LogP contribution in [-0.4, -0.2) is 44.2 Å². The van der Waals surface area contributed by atoms with E-state index >= 15 is 0 Å². The number of hydrogen-bond acceptors (Lipinski definition) is 4. The normalized spacial score (nSPS) is 19.6. The molecule has 0 amide bonds. The molecule has 1 atom stereocenters. The van der Waals surface area contributed by atoms with Gasteiger partial charge in [0, 0.05) is 35.2 Å². The van der Waals surface area contributed by atoms with Crippen LogP contribution in [0.25, 0.3) is 0 Å². The van der Waals surface area contributed by atoms with E-state index in [4.69, 9.17) is 27.9 Å². The number of benzene rings is 1. The van der Waals surface area contributed by atoms with Crippen LogP contribution in [0.1, 0.15) is 18.9 Å². The summed E-state index contributed by atoms with van der Waals surface area (Å²) in [5.41, 5.74) is -0.190. The Hall–Kier alpha value is -0.810. The van der Waals surface area contributed by atoms with Gasteiger partial charge in [-0.3, -0.25) is 4.90 Å². The maximum Gasteiger partial charge on any atom is 0.330 e. The highest BCUT2D eigenvalue weighted by atomic mass is 35.5. The summed E-state index contributed by atoms with van der Waals surface area (Å²) in [6.45, 7) is 5.20. The quantitative estimate of drug-likeness (QED) is 0.865. The molecule has 116 valence electrons. The zero-order chi connectivity index (χ0) is 15.5. The molecule has 0 aromatic heterocycles. The van der Waals surface area contributed by atoms with Crippen molar-refractivity contribution in [3.8, 4) is 0 Å². The molecule has 1 saturated heterocycles. The predicted octanol–water partition coefficient (Wildman–Crippen LogP) is 2.68. The van der Waals surface area contributed by atoms with E-state index in [0.717, 1.165) is 38.2 Å². The van der Waals surface area contributed by atoms with Gasteiger partial charge in [-0.1, -0.05) is 29.3 Å². The van der Waals surface area contributed by atoms with Crippen molar-refractivity contribution in [3.63, 3.8) is 0 Å². The van der Waals surface area contributed by atoms with Gasteiger partial charge in [0.25, 0.3) is 0 Å². The minimum absolute atomic E-state index is 0.311. The van der Waals surface area contributed by atoms with Crippen molar-refractivity contribution in [2.75, 3.05) is 33.3 Å². The van der Waals surface area contributed by atoms with Gasteiger partial charge in [-0.25, -0.2) is 4.79 Å². The molecular weight excluding hydrogens is 311 g/mol. The zero-order valence-corrected chi connectivity index (χ0v) is 13.8. The zero-order valence-electron chi connectivity index (χ0n) is 12.3. The second kappa shape index (κ2) is 6.97. The van der Waals surface area contributed by atoms with Gasteiger partial charge in [0.15, 0.2) is 0 Å². The molecule has 0 spiro atoms. The summed E-state index contributed by atoms with van der Waals surface area (Å²) in [6, 6.07) is 5.22. The summed E-state index contributed by atoms with van der Waals surface area (Å²) in [4.78, 5) is 14.6. The van der Waals surface area contributed by atoms with E-state index in [9.17, 15) is 4.79 Å². The lowest BCUT2D eigenvalue weighted by molar-refractivity contribution is -0.155. The van der Waals surface area contributed by atoms with E-state index < -0.39 is 5.54 Å². The third-order valence-corrected chi connectivity index (χ3v) is 4.56. The minimum Gasteiger partial charge on any atom is -0.467 e. The highest BCUT2D eigenvalue weighted by Gasteiger charge is 2.43. The van der Waals surface area contributed by atoms with E-state index in [1.807, 2.05) is 6.92 Å². The molecule has 1 unspecified atom stereocenters. The molecule has 0 bridgehead atoms. The van der Waals surface area contributed by atoms with Crippen molar-refractivity contribution in [2.45, 2.75) is 18.9 Å². The number of hydrogen-bond donors (Lipinski definition) is 1. The van der Waals surface area contributed by atoms with Crippen LogP contribution in [0.5, 0.6) is 0 Å². The van der Waals surface area contributed by atoms with Crippen LogP contribution in [-0.2, 0) is 15.1 Å². The van der Waals surface area contributed by atoms with E-state index in [1.165, 1.54) is 7.11 Å². The van der Waals surface area contributed by atoms with Crippen LogP contribution >= 0.6 is 23.2 Å². The lowest BCUT2D eigenvalue weighted by atomic mass is 9.89. The molecule has 6 heteroatoms. The predicted molar refractivity (Wildman–Crippen MR) is 84.9 cm³/mol. The van der Waals surface area contributed by atoms with Gasteiger partial charge >= 0.3 is 5.97 Å². The fraction of sp³-hybridized carbons (Fsp3) is 0.533. The van der Waals surface area contributed by atoms with Crippen LogP contribution in [0, 0.1) is 0 Å². The summed E-state index contributed by atoms with van der Waals surface area (Å²) in [7, 11) is 1.40. The van der Waals surface area contributed by atoms with Crippen molar-refractivity contribution in [2.24, 2.45) is 0 Å². The average molecular weight is 331 g/mol. The SMILES string of the molecule is COC(=O)C(C)(c1ccc(Cl)cc1Cl)N1CCCNCC1. The summed E-state index contributed by atoms with van der Waals surface area (Å²) in [5, 5.41) is 4.36. The molecule has 1 aliphatic rings. The highest BCUT2D eigenvalue weighted by molar-refractivity contribution is 6.35. The monoisotopic (exact) mass is 330 g/mol. The van der Waals surface area contributed by atoms with Gasteiger partial charge in [-0.15, -0.1) is 0 Å². The van der Waals surface area contributed by atoms with Gasteiger partial charge in [0.05, 0.1) is 7.11 Å². The topological polar surface area (TPSA) is 41.6 Å². The first-order valence-corrected chi connectivity index (χ1v) is 7.75. The number of esters is 1. The van der Waals surface area contributed by atoms with Crippen molar-refractivity contribution >= 4 is 29.2 Å². The van der Waals surface area contributed by atoms with Gasteiger partial charge in [0.2, 0.25) is 0 Å². The van der Waals surface area contributed by atoms with Crippen LogP contribution < -0.4 is 5.32 Å². The largest absolute Gasteiger partial charge is 0.467 e. The van der Waals surface area contributed by atoms with Gasteiger partial charge in [-0.2, -0.15) is 0 Å².